The van der Waals surface area contributed by atoms with E-state index in [1.165, 1.54) is 31.3 Å². The Balaban J connectivity index is 0.000000960. The molecule has 3 fully saturated rings. The Hall–Kier alpha value is 0.697. The summed E-state index contributed by atoms with van der Waals surface area (Å²) in [5.74, 6) is 2.57. The third kappa shape index (κ3) is 2.82. The molecule has 2 nitrogen and oxygen atoms in total. The minimum absolute atomic E-state index is 0. The van der Waals surface area contributed by atoms with Crippen molar-refractivity contribution in [1.29, 1.82) is 0 Å². The van der Waals surface area contributed by atoms with Crippen molar-refractivity contribution >= 4 is 5.78 Å². The maximum atomic E-state index is 11.8. The van der Waals surface area contributed by atoms with Gasteiger partial charge in [-0.25, -0.2) is 0 Å². The van der Waals surface area contributed by atoms with E-state index in [-0.39, 0.29) is 59.8 Å². The zero-order valence-corrected chi connectivity index (χ0v) is 16.9. The SMILES string of the molecule is C[C@]12CC[C@H]3[C@@H](CCC4=CC(=O)CC[C@@]43C)[C@@H]1CC[C@@H]2O.[I-].[Li+]. The van der Waals surface area contributed by atoms with E-state index in [4.69, 9.17) is 0 Å². The molecule has 0 bridgehead atoms. The van der Waals surface area contributed by atoms with Crippen LogP contribution in [0, 0.1) is 28.6 Å². The molecule has 3 saturated carbocycles. The monoisotopic (exact) mass is 422 g/mol. The molecular formula is C19H28ILiO2. The van der Waals surface area contributed by atoms with E-state index >= 15 is 0 Å². The van der Waals surface area contributed by atoms with Gasteiger partial charge in [-0.05, 0) is 79.6 Å². The Morgan fingerprint density at radius 1 is 1.04 bits per heavy atom. The summed E-state index contributed by atoms with van der Waals surface area (Å²) in [7, 11) is 0. The second-order valence-corrected chi connectivity index (χ2v) is 8.61. The number of hydrogen-bond acceptors (Lipinski definition) is 2. The van der Waals surface area contributed by atoms with E-state index in [0.29, 0.717) is 11.7 Å². The molecule has 4 aliphatic carbocycles. The van der Waals surface area contributed by atoms with Gasteiger partial charge in [0.15, 0.2) is 5.78 Å². The van der Waals surface area contributed by atoms with Crippen LogP contribution in [0.5, 0.6) is 0 Å². The molecule has 0 aromatic heterocycles. The average molecular weight is 422 g/mol. The fraction of sp³-hybridized carbons (Fsp3) is 0.842. The van der Waals surface area contributed by atoms with Gasteiger partial charge in [-0.1, -0.05) is 19.4 Å². The van der Waals surface area contributed by atoms with E-state index in [1.54, 1.807) is 0 Å². The predicted octanol–water partition coefficient (Wildman–Crippen LogP) is -2.11. The number of rotatable bonds is 0. The van der Waals surface area contributed by atoms with Gasteiger partial charge < -0.3 is 29.1 Å². The summed E-state index contributed by atoms with van der Waals surface area (Å²) in [6, 6.07) is 0. The third-order valence-electron chi connectivity index (χ3n) is 7.91. The van der Waals surface area contributed by atoms with Crippen molar-refractivity contribution in [2.45, 2.75) is 71.3 Å². The number of aliphatic hydroxyl groups excluding tert-OH is 1. The van der Waals surface area contributed by atoms with Crippen LogP contribution in [-0.2, 0) is 4.79 Å². The quantitative estimate of drug-likeness (QED) is 0.359. The zero-order valence-electron chi connectivity index (χ0n) is 14.8. The fourth-order valence-corrected chi connectivity index (χ4v) is 6.53. The normalized spacial score (nSPS) is 48.1. The second-order valence-electron chi connectivity index (χ2n) is 8.61. The minimum atomic E-state index is -0.0823. The Morgan fingerprint density at radius 3 is 2.52 bits per heavy atom. The number of aliphatic hydroxyl groups is 1. The summed E-state index contributed by atoms with van der Waals surface area (Å²) in [5, 5.41) is 10.4. The number of fused-ring (bicyclic) bond motifs is 5. The number of halogens is 1. The summed E-state index contributed by atoms with van der Waals surface area (Å²) in [5.41, 5.74) is 1.89. The van der Waals surface area contributed by atoms with Crippen LogP contribution in [0.15, 0.2) is 11.6 Å². The maximum Gasteiger partial charge on any atom is 1.00 e. The molecule has 4 rings (SSSR count). The Morgan fingerprint density at radius 2 is 1.78 bits per heavy atom. The average Bonchev–Trinajstić information content (AvgIpc) is 2.76. The van der Waals surface area contributed by atoms with E-state index in [0.717, 1.165) is 37.5 Å². The minimum Gasteiger partial charge on any atom is -1.00 e. The second kappa shape index (κ2) is 6.78. The van der Waals surface area contributed by atoms with Crippen LogP contribution in [-0.4, -0.2) is 17.0 Å². The molecule has 23 heavy (non-hydrogen) atoms. The molecule has 0 unspecified atom stereocenters. The van der Waals surface area contributed by atoms with E-state index in [1.807, 2.05) is 6.08 Å². The van der Waals surface area contributed by atoms with Crippen LogP contribution in [0.25, 0.3) is 0 Å². The van der Waals surface area contributed by atoms with Crippen molar-refractivity contribution in [3.05, 3.63) is 11.6 Å². The van der Waals surface area contributed by atoms with Gasteiger partial charge in [-0.3, -0.25) is 4.79 Å². The summed E-state index contributed by atoms with van der Waals surface area (Å²) < 4.78 is 0. The largest absolute Gasteiger partial charge is 1.00 e. The molecule has 0 heterocycles. The Labute approximate surface area is 169 Å². The van der Waals surface area contributed by atoms with Gasteiger partial charge >= 0.3 is 18.9 Å². The fourth-order valence-electron chi connectivity index (χ4n) is 6.53. The molecular weight excluding hydrogens is 394 g/mol. The van der Waals surface area contributed by atoms with E-state index < -0.39 is 0 Å². The number of allylic oxidation sites excluding steroid dienone is 1. The standard InChI is InChI=1S/C19H28O2.HI.Li/c1-18-9-7-13(20)11-12(18)3-4-14-15-5-6-17(21)19(15,2)10-8-16(14)18;;/h11,14-17,21H,3-10H2,1-2H3;1H;/q;;+1/p-1/t14-,15-,16-,17-,18-,19-;;/m0../s1. The number of hydrogen-bond donors (Lipinski definition) is 1. The smallest absolute Gasteiger partial charge is 1.00 e. The molecule has 4 heteroatoms. The van der Waals surface area contributed by atoms with Gasteiger partial charge in [-0.2, -0.15) is 0 Å². The molecule has 6 atom stereocenters. The van der Waals surface area contributed by atoms with Crippen molar-refractivity contribution < 1.29 is 52.7 Å². The number of carbonyl (C=O) groups excluding carboxylic acids is 1. The maximum absolute atomic E-state index is 11.8. The molecule has 0 spiro atoms. The summed E-state index contributed by atoms with van der Waals surface area (Å²) in [6.07, 6.45) is 10.7. The first-order valence-corrected chi connectivity index (χ1v) is 8.87. The van der Waals surface area contributed by atoms with Crippen molar-refractivity contribution in [3.63, 3.8) is 0 Å². The molecule has 0 saturated heterocycles. The van der Waals surface area contributed by atoms with Gasteiger partial charge in [0.05, 0.1) is 6.10 Å². The predicted molar refractivity (Wildman–Crippen MR) is 82.7 cm³/mol. The van der Waals surface area contributed by atoms with Gasteiger partial charge in [0.1, 0.15) is 0 Å². The third-order valence-corrected chi connectivity index (χ3v) is 7.91. The van der Waals surface area contributed by atoms with Crippen molar-refractivity contribution in [3.8, 4) is 0 Å². The first-order chi connectivity index (χ1) is 9.95. The van der Waals surface area contributed by atoms with Crippen molar-refractivity contribution in [2.75, 3.05) is 0 Å². The van der Waals surface area contributed by atoms with Gasteiger partial charge in [0.2, 0.25) is 0 Å². The Bertz CT molecular complexity index is 519. The molecule has 1 N–H and O–H groups in total. The van der Waals surface area contributed by atoms with E-state index in [2.05, 4.69) is 13.8 Å². The van der Waals surface area contributed by atoms with Crippen LogP contribution in [0.1, 0.15) is 65.2 Å². The Kier molecular flexibility index (Phi) is 5.90. The molecule has 0 aromatic rings. The molecule has 0 radical (unpaired) electrons. The van der Waals surface area contributed by atoms with Gasteiger partial charge in [0.25, 0.3) is 0 Å². The summed E-state index contributed by atoms with van der Waals surface area (Å²) >= 11 is 0. The summed E-state index contributed by atoms with van der Waals surface area (Å²) in [4.78, 5) is 11.8. The zero-order chi connectivity index (χ0) is 14.8. The molecule has 0 amide bonds. The number of carbonyl (C=O) groups is 1. The van der Waals surface area contributed by atoms with Gasteiger partial charge in [0, 0.05) is 6.42 Å². The van der Waals surface area contributed by atoms with Gasteiger partial charge in [-0.15, -0.1) is 0 Å². The van der Waals surface area contributed by atoms with Crippen molar-refractivity contribution in [1.82, 2.24) is 0 Å². The molecule has 4 aliphatic rings. The molecule has 0 aliphatic heterocycles. The van der Waals surface area contributed by atoms with Crippen LogP contribution in [0.3, 0.4) is 0 Å². The summed E-state index contributed by atoms with van der Waals surface area (Å²) in [6.45, 7) is 4.76. The van der Waals surface area contributed by atoms with Crippen LogP contribution in [0.4, 0.5) is 0 Å². The van der Waals surface area contributed by atoms with Crippen molar-refractivity contribution in [2.24, 2.45) is 28.6 Å². The topological polar surface area (TPSA) is 37.3 Å². The number of ketones is 1. The molecule has 0 aromatic carbocycles. The van der Waals surface area contributed by atoms with E-state index in [9.17, 15) is 9.90 Å². The van der Waals surface area contributed by atoms with Crippen LogP contribution in [0.2, 0.25) is 0 Å². The van der Waals surface area contributed by atoms with Crippen LogP contribution < -0.4 is 42.8 Å². The van der Waals surface area contributed by atoms with Crippen LogP contribution >= 0.6 is 0 Å². The molecule has 124 valence electrons. The first kappa shape index (κ1) is 20.0. The first-order valence-electron chi connectivity index (χ1n) is 8.87.